The minimum atomic E-state index is -0.382. The molecule has 0 amide bonds. The molecule has 0 aliphatic carbocycles. The zero-order valence-electron chi connectivity index (χ0n) is 20.4. The van der Waals surface area contributed by atoms with E-state index in [1.165, 1.54) is 0 Å². The van der Waals surface area contributed by atoms with E-state index in [9.17, 15) is 10.2 Å². The highest BCUT2D eigenvalue weighted by Crippen LogP contribution is 2.28. The predicted octanol–water partition coefficient (Wildman–Crippen LogP) is -0.206. The summed E-state index contributed by atoms with van der Waals surface area (Å²) >= 11 is 0. The van der Waals surface area contributed by atoms with Crippen molar-refractivity contribution < 1.29 is 29.2 Å². The van der Waals surface area contributed by atoms with Gasteiger partial charge in [-0.1, -0.05) is 5.92 Å². The molecule has 9 heteroatoms. The molecular weight excluding hydrogens is 426 g/mol. The van der Waals surface area contributed by atoms with Gasteiger partial charge in [0.25, 0.3) is 0 Å². The Morgan fingerprint density at radius 2 is 1.21 bits per heavy atom. The Bertz CT molecular complexity index is 479. The van der Waals surface area contributed by atoms with Gasteiger partial charge in [-0.2, -0.15) is 0 Å². The average molecular weight is 474 g/mol. The lowest BCUT2D eigenvalue weighted by Crippen LogP contribution is -2.47. The van der Waals surface area contributed by atoms with E-state index >= 15 is 0 Å². The van der Waals surface area contributed by atoms with Crippen molar-refractivity contribution in [3.63, 3.8) is 0 Å². The van der Waals surface area contributed by atoms with E-state index in [1.54, 1.807) is 0 Å². The fourth-order valence-corrected chi connectivity index (χ4v) is 3.87. The van der Waals surface area contributed by atoms with Gasteiger partial charge in [0, 0.05) is 38.1 Å². The number of hydrogen-bond donors (Lipinski definition) is 3. The zero-order valence-corrected chi connectivity index (χ0v) is 20.4. The average Bonchev–Trinajstić information content (AvgIpc) is 2.85. The normalized spacial score (nSPS) is 15.7. The molecule has 0 aromatic carbocycles. The number of aliphatic hydroxyl groups is 2. The highest BCUT2D eigenvalue weighted by Gasteiger charge is 2.28. The van der Waals surface area contributed by atoms with Crippen LogP contribution in [0.3, 0.4) is 0 Å². The van der Waals surface area contributed by atoms with Crippen molar-refractivity contribution in [2.45, 2.75) is 25.7 Å². The summed E-state index contributed by atoms with van der Waals surface area (Å²) in [6, 6.07) is 0. The Hall–Kier alpha value is -0.800. The maximum Gasteiger partial charge on any atom is 0.107 e. The van der Waals surface area contributed by atoms with Crippen molar-refractivity contribution in [3.8, 4) is 12.3 Å². The van der Waals surface area contributed by atoms with Crippen LogP contribution < -0.4 is 5.73 Å². The lowest BCUT2D eigenvalue weighted by molar-refractivity contribution is -0.00278. The van der Waals surface area contributed by atoms with Crippen LogP contribution in [0.1, 0.15) is 25.7 Å². The zero-order chi connectivity index (χ0) is 24.0. The van der Waals surface area contributed by atoms with Crippen molar-refractivity contribution in [1.29, 1.82) is 0 Å². The molecule has 9 nitrogen and oxygen atoms in total. The summed E-state index contributed by atoms with van der Waals surface area (Å²) in [6.45, 7) is 11.1. The van der Waals surface area contributed by atoms with Gasteiger partial charge in [-0.05, 0) is 38.8 Å². The van der Waals surface area contributed by atoms with E-state index in [0.29, 0.717) is 59.4 Å². The van der Waals surface area contributed by atoms with Gasteiger partial charge in [-0.25, -0.2) is 0 Å². The highest BCUT2D eigenvalue weighted by molar-refractivity contribution is 4.82. The Balaban J connectivity index is 1.95. The fourth-order valence-electron chi connectivity index (χ4n) is 3.87. The molecular formula is C24H47N3O6. The molecule has 1 rings (SSSR count). The number of terminal acetylenes is 1. The van der Waals surface area contributed by atoms with Gasteiger partial charge in [0.2, 0.25) is 0 Å². The van der Waals surface area contributed by atoms with E-state index in [1.807, 2.05) is 0 Å². The van der Waals surface area contributed by atoms with E-state index in [4.69, 9.17) is 31.1 Å². The first-order valence-corrected chi connectivity index (χ1v) is 12.3. The SMILES string of the molecule is C#CCOCCOCCOCCOCCN1CCN(CCCC(CO)(CO)CCCN)CC1. The van der Waals surface area contributed by atoms with E-state index < -0.39 is 0 Å². The lowest BCUT2D eigenvalue weighted by Gasteiger charge is -2.36. The molecule has 0 spiro atoms. The summed E-state index contributed by atoms with van der Waals surface area (Å²) in [4.78, 5) is 4.90. The van der Waals surface area contributed by atoms with Crippen LogP contribution in [0.2, 0.25) is 0 Å². The topological polar surface area (TPSA) is 110 Å². The maximum absolute atomic E-state index is 9.74. The third kappa shape index (κ3) is 14.9. The smallest absolute Gasteiger partial charge is 0.107 e. The molecule has 194 valence electrons. The van der Waals surface area contributed by atoms with Crippen LogP contribution in [-0.4, -0.2) is 132 Å². The molecule has 0 radical (unpaired) electrons. The van der Waals surface area contributed by atoms with Crippen LogP contribution in [0.25, 0.3) is 0 Å². The second-order valence-electron chi connectivity index (χ2n) is 8.59. The Kier molecular flexibility index (Phi) is 18.8. The van der Waals surface area contributed by atoms with Crippen LogP contribution in [-0.2, 0) is 18.9 Å². The lowest BCUT2D eigenvalue weighted by atomic mass is 9.80. The molecule has 0 saturated carbocycles. The number of hydrogen-bond acceptors (Lipinski definition) is 9. The fraction of sp³-hybridized carbons (Fsp3) is 0.917. The van der Waals surface area contributed by atoms with Gasteiger partial charge in [0.15, 0.2) is 0 Å². The Labute approximate surface area is 200 Å². The van der Waals surface area contributed by atoms with Crippen molar-refractivity contribution in [2.75, 3.05) is 112 Å². The largest absolute Gasteiger partial charge is 0.396 e. The van der Waals surface area contributed by atoms with Gasteiger partial charge >= 0.3 is 0 Å². The monoisotopic (exact) mass is 473 g/mol. The third-order valence-corrected chi connectivity index (χ3v) is 6.08. The molecule has 0 aromatic heterocycles. The second kappa shape index (κ2) is 20.6. The molecule has 4 N–H and O–H groups in total. The van der Waals surface area contributed by atoms with Crippen molar-refractivity contribution in [3.05, 3.63) is 0 Å². The van der Waals surface area contributed by atoms with Crippen molar-refractivity contribution in [1.82, 2.24) is 9.80 Å². The summed E-state index contributed by atoms with van der Waals surface area (Å²) in [6.07, 6.45) is 8.53. The number of nitrogens with zero attached hydrogens (tertiary/aromatic N) is 2. The molecule has 1 heterocycles. The summed E-state index contributed by atoms with van der Waals surface area (Å²) in [5.74, 6) is 2.41. The number of piperazine rings is 1. The first-order valence-electron chi connectivity index (χ1n) is 12.3. The summed E-state index contributed by atoms with van der Waals surface area (Å²) in [5.41, 5.74) is 5.21. The minimum Gasteiger partial charge on any atom is -0.396 e. The summed E-state index contributed by atoms with van der Waals surface area (Å²) < 4.78 is 21.6. The molecule has 0 bridgehead atoms. The minimum absolute atomic E-state index is 0.0270. The van der Waals surface area contributed by atoms with Gasteiger partial charge in [0.1, 0.15) is 6.61 Å². The number of nitrogens with two attached hydrogens (primary N) is 1. The van der Waals surface area contributed by atoms with Crippen LogP contribution >= 0.6 is 0 Å². The maximum atomic E-state index is 9.74. The second-order valence-corrected chi connectivity index (χ2v) is 8.59. The van der Waals surface area contributed by atoms with Gasteiger partial charge in [0.05, 0.1) is 59.5 Å². The summed E-state index contributed by atoms with van der Waals surface area (Å²) in [5, 5.41) is 19.5. The Morgan fingerprint density at radius 1 is 0.727 bits per heavy atom. The van der Waals surface area contributed by atoms with Crippen molar-refractivity contribution >= 4 is 0 Å². The van der Waals surface area contributed by atoms with Crippen LogP contribution in [0.15, 0.2) is 0 Å². The van der Waals surface area contributed by atoms with E-state index in [2.05, 4.69) is 15.7 Å². The molecule has 0 aromatic rings. The van der Waals surface area contributed by atoms with Crippen LogP contribution in [0, 0.1) is 17.8 Å². The Morgan fingerprint density at radius 3 is 1.73 bits per heavy atom. The first kappa shape index (κ1) is 30.2. The molecule has 0 unspecified atom stereocenters. The molecule has 1 aliphatic rings. The third-order valence-electron chi connectivity index (χ3n) is 6.08. The number of rotatable bonds is 22. The molecule has 0 atom stereocenters. The van der Waals surface area contributed by atoms with Gasteiger partial charge in [-0.3, -0.25) is 4.90 Å². The van der Waals surface area contributed by atoms with Crippen LogP contribution in [0.4, 0.5) is 0 Å². The first-order chi connectivity index (χ1) is 16.2. The molecule has 1 saturated heterocycles. The van der Waals surface area contributed by atoms with Gasteiger partial charge in [-0.15, -0.1) is 6.42 Å². The standard InChI is InChI=1S/C24H47N3O6/c1-2-14-30-16-18-32-20-21-33-19-17-31-15-13-27-11-9-26(10-12-27)8-4-6-24(22-28,23-29)5-3-7-25/h1,28-29H,3-23,25H2. The van der Waals surface area contributed by atoms with Crippen LogP contribution in [0.5, 0.6) is 0 Å². The highest BCUT2D eigenvalue weighted by atomic mass is 16.6. The predicted molar refractivity (Wildman–Crippen MR) is 129 cm³/mol. The van der Waals surface area contributed by atoms with Crippen molar-refractivity contribution in [2.24, 2.45) is 11.1 Å². The van der Waals surface area contributed by atoms with Gasteiger partial charge < -0.3 is 39.8 Å². The molecule has 1 fully saturated rings. The number of aliphatic hydroxyl groups excluding tert-OH is 2. The van der Waals surface area contributed by atoms with E-state index in [-0.39, 0.29) is 18.6 Å². The van der Waals surface area contributed by atoms with E-state index in [0.717, 1.165) is 65.0 Å². The molecule has 1 aliphatic heterocycles. The summed E-state index contributed by atoms with van der Waals surface area (Å²) in [7, 11) is 0. The molecule has 33 heavy (non-hydrogen) atoms. The number of ether oxygens (including phenoxy) is 4. The quantitative estimate of drug-likeness (QED) is 0.145.